The van der Waals surface area contributed by atoms with Gasteiger partial charge in [0.1, 0.15) is 5.75 Å². The summed E-state index contributed by atoms with van der Waals surface area (Å²) in [5.74, 6) is 2.62. The summed E-state index contributed by atoms with van der Waals surface area (Å²) in [7, 11) is 0. The second-order valence-electron chi connectivity index (χ2n) is 3.92. The van der Waals surface area contributed by atoms with E-state index < -0.39 is 0 Å². The number of nitrogens with zero attached hydrogens (tertiary/aromatic N) is 1. The molecule has 0 spiro atoms. The molecule has 0 N–H and O–H groups in total. The third-order valence-corrected chi connectivity index (χ3v) is 3.07. The molecule has 1 aliphatic heterocycles. The van der Waals surface area contributed by atoms with Gasteiger partial charge in [0.05, 0.1) is 4.47 Å². The molecule has 0 amide bonds. The number of aryl methyl sites for hydroxylation is 1. The molecule has 2 heterocycles. The molecule has 0 fully saturated rings. The average Bonchev–Trinajstić information content (AvgIpc) is 2.80. The van der Waals surface area contributed by atoms with Crippen LogP contribution in [0.2, 0.25) is 0 Å². The number of halogens is 1. The fraction of sp³-hybridized carbons (Fsp3) is 0.154. The smallest absolute Gasteiger partial charge is 0.233 e. The van der Waals surface area contributed by atoms with Crippen LogP contribution in [0.4, 0.5) is 0 Å². The average molecular weight is 308 g/mol. The summed E-state index contributed by atoms with van der Waals surface area (Å²) >= 11 is 3.42. The van der Waals surface area contributed by atoms with Crippen molar-refractivity contribution in [3.05, 3.63) is 40.5 Å². The molecule has 92 valence electrons. The molecule has 1 aliphatic rings. The van der Waals surface area contributed by atoms with Crippen molar-refractivity contribution in [3.63, 3.8) is 0 Å². The first-order valence-electron chi connectivity index (χ1n) is 5.42. The van der Waals surface area contributed by atoms with Crippen molar-refractivity contribution in [2.75, 3.05) is 6.79 Å². The molecule has 0 radical (unpaired) electrons. The maximum atomic E-state index is 5.70. The first kappa shape index (κ1) is 11.3. The van der Waals surface area contributed by atoms with Crippen LogP contribution in [-0.4, -0.2) is 11.8 Å². The van der Waals surface area contributed by atoms with Crippen LogP contribution in [0.3, 0.4) is 0 Å². The van der Waals surface area contributed by atoms with Crippen molar-refractivity contribution in [3.8, 4) is 23.1 Å². The molecule has 18 heavy (non-hydrogen) atoms. The van der Waals surface area contributed by atoms with Crippen molar-refractivity contribution in [2.45, 2.75) is 6.92 Å². The van der Waals surface area contributed by atoms with Crippen LogP contribution in [0.15, 0.2) is 34.9 Å². The van der Waals surface area contributed by atoms with Gasteiger partial charge >= 0.3 is 0 Å². The van der Waals surface area contributed by atoms with Crippen molar-refractivity contribution in [1.82, 2.24) is 4.98 Å². The number of fused-ring (bicyclic) bond motifs is 1. The minimum absolute atomic E-state index is 0.255. The van der Waals surface area contributed by atoms with Gasteiger partial charge in [-0.1, -0.05) is 0 Å². The van der Waals surface area contributed by atoms with Crippen LogP contribution in [0.5, 0.6) is 23.1 Å². The van der Waals surface area contributed by atoms with E-state index in [1.807, 2.05) is 25.1 Å². The number of rotatable bonds is 2. The van der Waals surface area contributed by atoms with Crippen LogP contribution in [0.25, 0.3) is 0 Å². The zero-order valence-electron chi connectivity index (χ0n) is 9.64. The van der Waals surface area contributed by atoms with Gasteiger partial charge < -0.3 is 14.2 Å². The molecule has 0 aliphatic carbocycles. The Morgan fingerprint density at radius 1 is 1.22 bits per heavy atom. The topological polar surface area (TPSA) is 40.6 Å². The summed E-state index contributed by atoms with van der Waals surface area (Å²) in [4.78, 5) is 4.23. The first-order chi connectivity index (χ1) is 8.72. The number of hydrogen-bond donors (Lipinski definition) is 0. The molecule has 3 rings (SSSR count). The standard InChI is InChI=1S/C13H10BrNO3/c1-8-4-10(14)13(15-6-8)18-9-2-3-11-12(5-9)17-7-16-11/h2-6H,7H2,1H3. The number of hydrogen-bond acceptors (Lipinski definition) is 4. The summed E-state index contributed by atoms with van der Waals surface area (Å²) in [5, 5.41) is 0. The Balaban J connectivity index is 1.88. The van der Waals surface area contributed by atoms with Gasteiger partial charge in [-0.05, 0) is 46.6 Å². The summed E-state index contributed by atoms with van der Waals surface area (Å²) in [5.41, 5.74) is 1.07. The maximum absolute atomic E-state index is 5.70. The minimum Gasteiger partial charge on any atom is -0.454 e. The predicted molar refractivity (Wildman–Crippen MR) is 69.3 cm³/mol. The number of benzene rings is 1. The molecule has 2 aromatic rings. The fourth-order valence-electron chi connectivity index (χ4n) is 1.65. The van der Waals surface area contributed by atoms with E-state index in [0.717, 1.165) is 15.8 Å². The van der Waals surface area contributed by atoms with E-state index in [4.69, 9.17) is 14.2 Å². The molecule has 4 nitrogen and oxygen atoms in total. The van der Waals surface area contributed by atoms with Gasteiger partial charge in [0.15, 0.2) is 11.5 Å². The SMILES string of the molecule is Cc1cnc(Oc2ccc3c(c2)OCO3)c(Br)c1. The Bertz CT molecular complexity index is 601. The molecular weight excluding hydrogens is 298 g/mol. The van der Waals surface area contributed by atoms with Crippen molar-refractivity contribution in [2.24, 2.45) is 0 Å². The van der Waals surface area contributed by atoms with E-state index in [1.54, 1.807) is 12.3 Å². The van der Waals surface area contributed by atoms with Gasteiger partial charge in [0, 0.05) is 12.3 Å². The zero-order chi connectivity index (χ0) is 12.5. The lowest BCUT2D eigenvalue weighted by Crippen LogP contribution is -1.93. The van der Waals surface area contributed by atoms with Crippen molar-refractivity contribution in [1.29, 1.82) is 0 Å². The van der Waals surface area contributed by atoms with Crippen LogP contribution in [0, 0.1) is 6.92 Å². The highest BCUT2D eigenvalue weighted by Crippen LogP contribution is 2.37. The molecule has 0 bridgehead atoms. The third kappa shape index (κ3) is 2.13. The zero-order valence-corrected chi connectivity index (χ0v) is 11.2. The Morgan fingerprint density at radius 2 is 2.06 bits per heavy atom. The van der Waals surface area contributed by atoms with Crippen LogP contribution < -0.4 is 14.2 Å². The van der Waals surface area contributed by atoms with Gasteiger partial charge in [0.2, 0.25) is 12.7 Å². The summed E-state index contributed by atoms with van der Waals surface area (Å²) < 4.78 is 17.0. The van der Waals surface area contributed by atoms with Gasteiger partial charge in [-0.2, -0.15) is 0 Å². The lowest BCUT2D eigenvalue weighted by atomic mass is 10.3. The van der Waals surface area contributed by atoms with Crippen LogP contribution >= 0.6 is 15.9 Å². The highest BCUT2D eigenvalue weighted by molar-refractivity contribution is 9.10. The van der Waals surface area contributed by atoms with E-state index in [-0.39, 0.29) is 6.79 Å². The number of aromatic nitrogens is 1. The molecule has 0 saturated heterocycles. The molecule has 0 atom stereocenters. The number of pyridine rings is 1. The van der Waals surface area contributed by atoms with Gasteiger partial charge in [-0.15, -0.1) is 0 Å². The van der Waals surface area contributed by atoms with Crippen LogP contribution in [0.1, 0.15) is 5.56 Å². The second kappa shape index (κ2) is 4.49. The van der Waals surface area contributed by atoms with Gasteiger partial charge in [0.25, 0.3) is 0 Å². The van der Waals surface area contributed by atoms with Crippen molar-refractivity contribution < 1.29 is 14.2 Å². The van der Waals surface area contributed by atoms with E-state index in [9.17, 15) is 0 Å². The fourth-order valence-corrected chi connectivity index (χ4v) is 2.19. The lowest BCUT2D eigenvalue weighted by Gasteiger charge is -2.07. The summed E-state index contributed by atoms with van der Waals surface area (Å²) in [6, 6.07) is 7.38. The largest absolute Gasteiger partial charge is 0.454 e. The molecule has 0 saturated carbocycles. The summed E-state index contributed by atoms with van der Waals surface area (Å²) in [6.07, 6.45) is 1.76. The van der Waals surface area contributed by atoms with Gasteiger partial charge in [-0.3, -0.25) is 0 Å². The van der Waals surface area contributed by atoms with Crippen LogP contribution in [-0.2, 0) is 0 Å². The Hall–Kier alpha value is -1.75. The minimum atomic E-state index is 0.255. The quantitative estimate of drug-likeness (QED) is 0.848. The predicted octanol–water partition coefficient (Wildman–Crippen LogP) is 3.67. The first-order valence-corrected chi connectivity index (χ1v) is 6.21. The van der Waals surface area contributed by atoms with E-state index in [0.29, 0.717) is 17.4 Å². The monoisotopic (exact) mass is 307 g/mol. The molecule has 1 aromatic carbocycles. The molecule has 0 unspecified atom stereocenters. The summed E-state index contributed by atoms with van der Waals surface area (Å²) in [6.45, 7) is 2.23. The number of ether oxygens (including phenoxy) is 3. The van der Waals surface area contributed by atoms with E-state index in [2.05, 4.69) is 20.9 Å². The lowest BCUT2D eigenvalue weighted by molar-refractivity contribution is 0.174. The Kier molecular flexibility index (Phi) is 2.83. The molecule has 1 aromatic heterocycles. The van der Waals surface area contributed by atoms with Crippen molar-refractivity contribution >= 4 is 15.9 Å². The Labute approximate surface area is 113 Å². The second-order valence-corrected chi connectivity index (χ2v) is 4.77. The highest BCUT2D eigenvalue weighted by Gasteiger charge is 2.14. The van der Waals surface area contributed by atoms with E-state index in [1.165, 1.54) is 0 Å². The normalized spacial score (nSPS) is 12.6. The highest BCUT2D eigenvalue weighted by atomic mass is 79.9. The molecule has 5 heteroatoms. The van der Waals surface area contributed by atoms with Gasteiger partial charge in [-0.25, -0.2) is 4.98 Å². The molecular formula is C13H10BrNO3. The van der Waals surface area contributed by atoms with E-state index >= 15 is 0 Å². The maximum Gasteiger partial charge on any atom is 0.233 e. The third-order valence-electron chi connectivity index (χ3n) is 2.50. The Morgan fingerprint density at radius 3 is 2.89 bits per heavy atom.